The number of nitrogens with one attached hydrogen (secondary N) is 1. The molecule has 1 amide bonds. The molecule has 0 bridgehead atoms. The molecule has 26 heavy (non-hydrogen) atoms. The zero-order valence-electron chi connectivity index (χ0n) is 16.1. The summed E-state index contributed by atoms with van der Waals surface area (Å²) in [6.45, 7) is 8.23. The fourth-order valence-corrected chi connectivity index (χ4v) is 4.41. The Bertz CT molecular complexity index is 716. The number of benzene rings is 2. The van der Waals surface area contributed by atoms with Crippen LogP contribution in [0.25, 0.3) is 0 Å². The molecule has 2 aromatic rings. The molecule has 0 aromatic heterocycles. The Balaban J connectivity index is 1.77. The molecule has 3 unspecified atom stereocenters. The van der Waals surface area contributed by atoms with Gasteiger partial charge in [-0.1, -0.05) is 67.6 Å². The molecule has 0 spiro atoms. The summed E-state index contributed by atoms with van der Waals surface area (Å²) < 4.78 is 0. The number of nitrogens with zero attached hydrogens (tertiary/aromatic N) is 1. The van der Waals surface area contributed by atoms with Crippen LogP contribution >= 0.6 is 0 Å². The molecule has 3 atom stereocenters. The maximum absolute atomic E-state index is 12.0. The predicted molar refractivity (Wildman–Crippen MR) is 107 cm³/mol. The number of hydrogen-bond donors (Lipinski definition) is 1. The second-order valence-corrected chi connectivity index (χ2v) is 7.70. The van der Waals surface area contributed by atoms with Gasteiger partial charge in [-0.2, -0.15) is 0 Å². The van der Waals surface area contributed by atoms with E-state index in [1.807, 2.05) is 6.07 Å². The number of carbonyl (C=O) groups excluding carboxylic acids is 1. The lowest BCUT2D eigenvalue weighted by atomic mass is 9.71. The van der Waals surface area contributed by atoms with Crippen molar-refractivity contribution in [2.75, 3.05) is 13.1 Å². The smallest absolute Gasteiger partial charge is 0.217 e. The van der Waals surface area contributed by atoms with Crippen LogP contribution in [0.2, 0.25) is 0 Å². The second-order valence-electron chi connectivity index (χ2n) is 7.70. The van der Waals surface area contributed by atoms with E-state index in [1.54, 1.807) is 6.92 Å². The van der Waals surface area contributed by atoms with Crippen molar-refractivity contribution in [1.29, 1.82) is 0 Å². The van der Waals surface area contributed by atoms with Gasteiger partial charge in [0.2, 0.25) is 5.91 Å². The number of likely N-dealkylation sites (tertiary alicyclic amines) is 1. The van der Waals surface area contributed by atoms with Crippen LogP contribution in [0.4, 0.5) is 0 Å². The molecule has 2 aromatic carbocycles. The van der Waals surface area contributed by atoms with Crippen molar-refractivity contribution < 1.29 is 4.79 Å². The van der Waals surface area contributed by atoms with Crippen LogP contribution in [0.1, 0.15) is 38.3 Å². The zero-order chi connectivity index (χ0) is 18.6. The Morgan fingerprint density at radius 3 is 2.31 bits per heavy atom. The van der Waals surface area contributed by atoms with E-state index >= 15 is 0 Å². The SMILES string of the molecule is CC(=O)NC1(c2ccccc2)CC(C)N(CCc2ccccc2)CC1C. The van der Waals surface area contributed by atoms with Crippen molar-refractivity contribution in [2.24, 2.45) is 5.92 Å². The molecule has 3 nitrogen and oxygen atoms in total. The Hall–Kier alpha value is -2.13. The lowest BCUT2D eigenvalue weighted by Gasteiger charge is -2.50. The first-order valence-electron chi connectivity index (χ1n) is 9.63. The number of hydrogen-bond acceptors (Lipinski definition) is 2. The minimum Gasteiger partial charge on any atom is -0.346 e. The van der Waals surface area contributed by atoms with Gasteiger partial charge >= 0.3 is 0 Å². The van der Waals surface area contributed by atoms with E-state index in [9.17, 15) is 4.79 Å². The fraction of sp³-hybridized carbons (Fsp3) is 0.435. The first kappa shape index (κ1) is 18.7. The van der Waals surface area contributed by atoms with E-state index in [0.717, 1.165) is 25.9 Å². The first-order valence-corrected chi connectivity index (χ1v) is 9.63. The van der Waals surface area contributed by atoms with E-state index in [2.05, 4.69) is 78.7 Å². The molecule has 1 aliphatic heterocycles. The predicted octanol–water partition coefficient (Wildman–Crippen LogP) is 3.99. The van der Waals surface area contributed by atoms with Gasteiger partial charge in [0.1, 0.15) is 0 Å². The largest absolute Gasteiger partial charge is 0.346 e. The highest BCUT2D eigenvalue weighted by Gasteiger charge is 2.45. The van der Waals surface area contributed by atoms with Crippen molar-refractivity contribution in [3.05, 3.63) is 71.8 Å². The standard InChI is InChI=1S/C23H30N2O/c1-18-17-25(15-14-21-10-6-4-7-11-21)19(2)16-23(18,24-20(3)26)22-12-8-5-9-13-22/h4-13,18-19H,14-17H2,1-3H3,(H,24,26). The Morgan fingerprint density at radius 2 is 1.69 bits per heavy atom. The summed E-state index contributed by atoms with van der Waals surface area (Å²) in [4.78, 5) is 14.6. The molecule has 0 saturated carbocycles. The van der Waals surface area contributed by atoms with Gasteiger partial charge in [0.15, 0.2) is 0 Å². The van der Waals surface area contributed by atoms with Gasteiger partial charge in [-0.15, -0.1) is 0 Å². The van der Waals surface area contributed by atoms with Gasteiger partial charge in [-0.3, -0.25) is 9.69 Å². The summed E-state index contributed by atoms with van der Waals surface area (Å²) in [5, 5.41) is 3.32. The normalized spacial score (nSPS) is 26.4. The summed E-state index contributed by atoms with van der Waals surface area (Å²) in [6.07, 6.45) is 2.00. The maximum atomic E-state index is 12.0. The first-order chi connectivity index (χ1) is 12.5. The van der Waals surface area contributed by atoms with Gasteiger partial charge in [0.05, 0.1) is 5.54 Å². The van der Waals surface area contributed by atoms with Crippen molar-refractivity contribution in [2.45, 2.75) is 45.2 Å². The Kier molecular flexibility index (Phi) is 5.77. The highest BCUT2D eigenvalue weighted by Crippen LogP contribution is 2.40. The Morgan fingerprint density at radius 1 is 1.08 bits per heavy atom. The quantitative estimate of drug-likeness (QED) is 0.884. The summed E-state index contributed by atoms with van der Waals surface area (Å²) in [7, 11) is 0. The van der Waals surface area contributed by atoms with E-state index in [4.69, 9.17) is 0 Å². The van der Waals surface area contributed by atoms with Crippen LogP contribution in [0.5, 0.6) is 0 Å². The molecular weight excluding hydrogens is 320 g/mol. The van der Waals surface area contributed by atoms with Gasteiger partial charge in [-0.05, 0) is 36.8 Å². The summed E-state index contributed by atoms with van der Waals surface area (Å²) in [6, 6.07) is 21.6. The van der Waals surface area contributed by atoms with Crippen LogP contribution in [0.15, 0.2) is 60.7 Å². The molecule has 1 saturated heterocycles. The minimum atomic E-state index is -0.282. The number of carbonyl (C=O) groups is 1. The molecule has 3 rings (SSSR count). The number of rotatable bonds is 5. The molecular formula is C23H30N2O. The lowest BCUT2D eigenvalue weighted by molar-refractivity contribution is -0.123. The third-order valence-electron chi connectivity index (χ3n) is 5.81. The molecule has 1 fully saturated rings. The van der Waals surface area contributed by atoms with Crippen LogP contribution in [-0.4, -0.2) is 29.9 Å². The monoisotopic (exact) mass is 350 g/mol. The van der Waals surface area contributed by atoms with Gasteiger partial charge in [0, 0.05) is 26.1 Å². The van der Waals surface area contributed by atoms with Gasteiger partial charge in [-0.25, -0.2) is 0 Å². The molecule has 1 aliphatic rings. The third-order valence-corrected chi connectivity index (χ3v) is 5.81. The average molecular weight is 351 g/mol. The fourth-order valence-electron chi connectivity index (χ4n) is 4.41. The van der Waals surface area contributed by atoms with Crippen molar-refractivity contribution in [3.63, 3.8) is 0 Å². The molecule has 0 aliphatic carbocycles. The van der Waals surface area contributed by atoms with Gasteiger partial charge < -0.3 is 5.32 Å². The van der Waals surface area contributed by atoms with E-state index in [0.29, 0.717) is 12.0 Å². The Labute approximate surface area is 157 Å². The van der Waals surface area contributed by atoms with Gasteiger partial charge in [0.25, 0.3) is 0 Å². The van der Waals surface area contributed by atoms with Crippen LogP contribution in [0.3, 0.4) is 0 Å². The number of piperidine rings is 1. The molecule has 138 valence electrons. The number of amides is 1. The van der Waals surface area contributed by atoms with Crippen molar-refractivity contribution in [3.8, 4) is 0 Å². The van der Waals surface area contributed by atoms with Crippen LogP contribution in [0, 0.1) is 5.92 Å². The average Bonchev–Trinajstić information content (AvgIpc) is 2.64. The summed E-state index contributed by atoms with van der Waals surface area (Å²) in [5.74, 6) is 0.395. The highest BCUT2D eigenvalue weighted by atomic mass is 16.1. The zero-order valence-corrected chi connectivity index (χ0v) is 16.1. The second kappa shape index (κ2) is 8.05. The molecule has 1 heterocycles. The summed E-state index contributed by atoms with van der Waals surface area (Å²) >= 11 is 0. The lowest BCUT2D eigenvalue weighted by Crippen LogP contribution is -2.60. The van der Waals surface area contributed by atoms with E-state index in [-0.39, 0.29) is 11.4 Å². The van der Waals surface area contributed by atoms with Crippen molar-refractivity contribution >= 4 is 5.91 Å². The van der Waals surface area contributed by atoms with Crippen LogP contribution < -0.4 is 5.32 Å². The molecule has 0 radical (unpaired) electrons. The maximum Gasteiger partial charge on any atom is 0.217 e. The minimum absolute atomic E-state index is 0.0469. The topological polar surface area (TPSA) is 32.3 Å². The van der Waals surface area contributed by atoms with E-state index < -0.39 is 0 Å². The summed E-state index contributed by atoms with van der Waals surface area (Å²) in [5.41, 5.74) is 2.32. The van der Waals surface area contributed by atoms with Crippen LogP contribution in [-0.2, 0) is 16.8 Å². The van der Waals surface area contributed by atoms with E-state index in [1.165, 1.54) is 11.1 Å². The van der Waals surface area contributed by atoms with Crippen molar-refractivity contribution in [1.82, 2.24) is 10.2 Å². The molecule has 1 N–H and O–H groups in total. The molecule has 3 heteroatoms. The highest BCUT2D eigenvalue weighted by molar-refractivity contribution is 5.74. The third kappa shape index (κ3) is 3.99.